The summed E-state index contributed by atoms with van der Waals surface area (Å²) in [7, 11) is 3.25. The van der Waals surface area contributed by atoms with Gasteiger partial charge in [0, 0.05) is 24.7 Å². The molecule has 32 heavy (non-hydrogen) atoms. The molecule has 0 heterocycles. The van der Waals surface area contributed by atoms with Gasteiger partial charge in [0.2, 0.25) is 5.91 Å². The number of nitrogens with zero attached hydrogens (tertiary/aromatic N) is 1. The van der Waals surface area contributed by atoms with Gasteiger partial charge >= 0.3 is 0 Å². The van der Waals surface area contributed by atoms with Crippen LogP contribution in [0.3, 0.4) is 0 Å². The number of guanidine groups is 1. The molecule has 1 saturated carbocycles. The van der Waals surface area contributed by atoms with E-state index in [0.717, 1.165) is 48.6 Å². The summed E-state index contributed by atoms with van der Waals surface area (Å²) in [4.78, 5) is 16.9. The molecule has 0 atom stereocenters. The molecule has 0 radical (unpaired) electrons. The van der Waals surface area contributed by atoms with E-state index in [1.807, 2.05) is 49.4 Å². The van der Waals surface area contributed by atoms with Crippen molar-refractivity contribution in [1.29, 1.82) is 0 Å². The van der Waals surface area contributed by atoms with E-state index in [2.05, 4.69) is 20.9 Å². The number of ether oxygens (including phenoxy) is 2. The molecule has 1 amide bonds. The zero-order valence-corrected chi connectivity index (χ0v) is 21.3. The Labute approximate surface area is 207 Å². The van der Waals surface area contributed by atoms with Crippen LogP contribution in [0.15, 0.2) is 47.5 Å². The van der Waals surface area contributed by atoms with Crippen LogP contribution in [0.25, 0.3) is 0 Å². The van der Waals surface area contributed by atoms with E-state index in [1.54, 1.807) is 14.2 Å². The molecule has 8 heteroatoms. The van der Waals surface area contributed by atoms with Gasteiger partial charge in [0.25, 0.3) is 0 Å². The highest BCUT2D eigenvalue weighted by molar-refractivity contribution is 14.0. The van der Waals surface area contributed by atoms with Gasteiger partial charge in [0.1, 0.15) is 0 Å². The van der Waals surface area contributed by atoms with Crippen molar-refractivity contribution in [2.24, 2.45) is 10.9 Å². The standard InChI is InChI=1S/C24H32N4O3.HI/c1-4-25-24(27-16-18-11-12-21(30-2)22(14-18)31-3)26-15-17-7-5-10-20(13-17)28-23(29)19-8-6-9-19;/h5,7,10-14,19H,4,6,8-9,15-16H2,1-3H3,(H,28,29)(H2,25,26,27);1H. The summed E-state index contributed by atoms with van der Waals surface area (Å²) >= 11 is 0. The van der Waals surface area contributed by atoms with Gasteiger partial charge in [-0.3, -0.25) is 4.79 Å². The van der Waals surface area contributed by atoms with Crippen LogP contribution in [0.2, 0.25) is 0 Å². The Bertz CT molecular complexity index is 916. The third-order valence-corrected chi connectivity index (χ3v) is 5.34. The molecule has 0 saturated heterocycles. The van der Waals surface area contributed by atoms with E-state index >= 15 is 0 Å². The zero-order chi connectivity index (χ0) is 22.1. The van der Waals surface area contributed by atoms with Gasteiger partial charge in [-0.25, -0.2) is 4.99 Å². The van der Waals surface area contributed by atoms with Gasteiger partial charge in [-0.05, 0) is 55.2 Å². The monoisotopic (exact) mass is 552 g/mol. The largest absolute Gasteiger partial charge is 0.493 e. The first-order valence-electron chi connectivity index (χ1n) is 10.8. The number of nitrogens with one attached hydrogen (secondary N) is 3. The smallest absolute Gasteiger partial charge is 0.227 e. The molecule has 3 N–H and O–H groups in total. The van der Waals surface area contributed by atoms with Gasteiger partial charge < -0.3 is 25.4 Å². The quantitative estimate of drug-likeness (QED) is 0.245. The summed E-state index contributed by atoms with van der Waals surface area (Å²) in [5.74, 6) is 2.42. The maximum atomic E-state index is 12.2. The first-order valence-corrected chi connectivity index (χ1v) is 10.8. The van der Waals surface area contributed by atoms with Crippen molar-refractivity contribution in [3.05, 3.63) is 53.6 Å². The zero-order valence-electron chi connectivity index (χ0n) is 18.9. The predicted molar refractivity (Wildman–Crippen MR) is 139 cm³/mol. The molecule has 0 bridgehead atoms. The number of carbonyl (C=O) groups excluding carboxylic acids is 1. The van der Waals surface area contributed by atoms with E-state index in [9.17, 15) is 4.79 Å². The maximum Gasteiger partial charge on any atom is 0.227 e. The predicted octanol–water partition coefficient (Wildman–Crippen LogP) is 4.32. The normalized spacial score (nSPS) is 13.4. The molecule has 174 valence electrons. The Morgan fingerprint density at radius 2 is 1.81 bits per heavy atom. The minimum atomic E-state index is 0. The van der Waals surface area contributed by atoms with Gasteiger partial charge in [0.05, 0.1) is 20.8 Å². The van der Waals surface area contributed by atoms with Crippen molar-refractivity contribution >= 4 is 41.5 Å². The number of methoxy groups -OCH3 is 2. The molecule has 0 aliphatic heterocycles. The first kappa shape index (κ1) is 25.8. The summed E-state index contributed by atoms with van der Waals surface area (Å²) < 4.78 is 10.7. The maximum absolute atomic E-state index is 12.2. The number of halogens is 1. The second-order valence-electron chi connectivity index (χ2n) is 7.56. The average Bonchev–Trinajstić information content (AvgIpc) is 2.74. The number of amides is 1. The van der Waals surface area contributed by atoms with Crippen molar-refractivity contribution < 1.29 is 14.3 Å². The second kappa shape index (κ2) is 13.1. The number of anilines is 1. The SMILES string of the molecule is CCNC(=NCc1cccc(NC(=O)C2CCC2)c1)NCc1ccc(OC)c(OC)c1.I. The molecule has 3 rings (SSSR count). The molecule has 2 aromatic carbocycles. The fourth-order valence-electron chi connectivity index (χ4n) is 3.35. The number of carbonyl (C=O) groups is 1. The Kier molecular flexibility index (Phi) is 10.6. The van der Waals surface area contributed by atoms with Gasteiger partial charge in [-0.2, -0.15) is 0 Å². The number of benzene rings is 2. The van der Waals surface area contributed by atoms with Gasteiger partial charge in [0.15, 0.2) is 17.5 Å². The van der Waals surface area contributed by atoms with Crippen LogP contribution in [0.1, 0.15) is 37.3 Å². The van der Waals surface area contributed by atoms with Crippen LogP contribution in [0.4, 0.5) is 5.69 Å². The van der Waals surface area contributed by atoms with E-state index < -0.39 is 0 Å². The third-order valence-electron chi connectivity index (χ3n) is 5.34. The van der Waals surface area contributed by atoms with Crippen LogP contribution >= 0.6 is 24.0 Å². The second-order valence-corrected chi connectivity index (χ2v) is 7.56. The number of rotatable bonds is 9. The molecule has 0 unspecified atom stereocenters. The summed E-state index contributed by atoms with van der Waals surface area (Å²) in [6, 6.07) is 13.7. The van der Waals surface area contributed by atoms with E-state index in [0.29, 0.717) is 24.6 Å². The van der Waals surface area contributed by atoms with E-state index in [1.165, 1.54) is 0 Å². The molecule has 1 aliphatic rings. The third kappa shape index (κ3) is 7.29. The fraction of sp³-hybridized carbons (Fsp3) is 0.417. The number of aliphatic imine (C=N–C) groups is 1. The Morgan fingerprint density at radius 3 is 2.47 bits per heavy atom. The Balaban J connectivity index is 0.00000363. The van der Waals surface area contributed by atoms with Gasteiger partial charge in [-0.15, -0.1) is 24.0 Å². The van der Waals surface area contributed by atoms with Crippen LogP contribution < -0.4 is 25.4 Å². The molecule has 0 aromatic heterocycles. The molecule has 1 fully saturated rings. The Hall–Kier alpha value is -2.49. The van der Waals surface area contributed by atoms with Crippen molar-refractivity contribution in [3.63, 3.8) is 0 Å². The molecule has 1 aliphatic carbocycles. The summed E-state index contributed by atoms with van der Waals surface area (Å²) in [5, 5.41) is 9.63. The lowest BCUT2D eigenvalue weighted by Crippen LogP contribution is -2.36. The summed E-state index contributed by atoms with van der Waals surface area (Å²) in [6.45, 7) is 3.90. The molecular formula is C24H33IN4O3. The topological polar surface area (TPSA) is 84.0 Å². The lowest BCUT2D eigenvalue weighted by molar-refractivity contribution is -0.122. The van der Waals surface area contributed by atoms with Crippen molar-refractivity contribution in [1.82, 2.24) is 10.6 Å². The minimum Gasteiger partial charge on any atom is -0.493 e. The minimum absolute atomic E-state index is 0. The average molecular weight is 552 g/mol. The molecule has 0 spiro atoms. The highest BCUT2D eigenvalue weighted by Crippen LogP contribution is 2.28. The number of hydrogen-bond donors (Lipinski definition) is 3. The highest BCUT2D eigenvalue weighted by atomic mass is 127. The van der Waals surface area contributed by atoms with E-state index in [4.69, 9.17) is 9.47 Å². The van der Waals surface area contributed by atoms with Crippen molar-refractivity contribution in [2.45, 2.75) is 39.3 Å². The Morgan fingerprint density at radius 1 is 1.03 bits per heavy atom. The first-order chi connectivity index (χ1) is 15.1. The van der Waals surface area contributed by atoms with E-state index in [-0.39, 0.29) is 35.8 Å². The van der Waals surface area contributed by atoms with Crippen LogP contribution in [0.5, 0.6) is 11.5 Å². The molecular weight excluding hydrogens is 519 g/mol. The van der Waals surface area contributed by atoms with Gasteiger partial charge in [-0.1, -0.05) is 24.6 Å². The highest BCUT2D eigenvalue weighted by Gasteiger charge is 2.25. The van der Waals surface area contributed by atoms with Crippen LogP contribution in [0, 0.1) is 5.92 Å². The van der Waals surface area contributed by atoms with Crippen molar-refractivity contribution in [2.75, 3.05) is 26.1 Å². The number of hydrogen-bond acceptors (Lipinski definition) is 4. The molecule has 7 nitrogen and oxygen atoms in total. The van der Waals surface area contributed by atoms with Crippen LogP contribution in [-0.4, -0.2) is 32.6 Å². The fourth-order valence-corrected chi connectivity index (χ4v) is 3.35. The lowest BCUT2D eigenvalue weighted by Gasteiger charge is -2.24. The summed E-state index contributed by atoms with van der Waals surface area (Å²) in [6.07, 6.45) is 3.14. The summed E-state index contributed by atoms with van der Waals surface area (Å²) in [5.41, 5.74) is 2.92. The van der Waals surface area contributed by atoms with Crippen LogP contribution in [-0.2, 0) is 17.9 Å². The van der Waals surface area contributed by atoms with Crippen molar-refractivity contribution in [3.8, 4) is 11.5 Å². The lowest BCUT2D eigenvalue weighted by atomic mass is 9.85. The molecule has 2 aromatic rings.